The highest BCUT2D eigenvalue weighted by atomic mass is 32.2. The van der Waals surface area contributed by atoms with Crippen LogP contribution in [0.15, 0.2) is 44.7 Å². The summed E-state index contributed by atoms with van der Waals surface area (Å²) in [6.45, 7) is 1.54. The van der Waals surface area contributed by atoms with Gasteiger partial charge in [-0.2, -0.15) is 0 Å². The quantitative estimate of drug-likeness (QED) is 0.719. The van der Waals surface area contributed by atoms with E-state index in [9.17, 15) is 18.0 Å². The van der Waals surface area contributed by atoms with Crippen LogP contribution in [0.25, 0.3) is 11.1 Å². The summed E-state index contributed by atoms with van der Waals surface area (Å²) in [4.78, 5) is 29.2. The van der Waals surface area contributed by atoms with Gasteiger partial charge in [0.25, 0.3) is 11.5 Å². The fourth-order valence-corrected chi connectivity index (χ4v) is 3.68. The molecule has 0 saturated carbocycles. The third kappa shape index (κ3) is 3.13. The number of nitrogens with zero attached hydrogens (tertiary/aromatic N) is 3. The van der Waals surface area contributed by atoms with Crippen molar-refractivity contribution in [1.82, 2.24) is 13.9 Å². The van der Waals surface area contributed by atoms with E-state index in [2.05, 4.69) is 10.3 Å². The highest BCUT2D eigenvalue weighted by Gasteiger charge is 2.26. The molecule has 0 atom stereocenters. The van der Waals surface area contributed by atoms with Crippen molar-refractivity contribution >= 4 is 32.7 Å². The minimum absolute atomic E-state index is 0.0238. The lowest BCUT2D eigenvalue weighted by atomic mass is 10.1. The summed E-state index contributed by atoms with van der Waals surface area (Å²) in [6.07, 6.45) is 1.30. The second-order valence-corrected chi connectivity index (χ2v) is 8.23. The van der Waals surface area contributed by atoms with E-state index in [4.69, 9.17) is 4.42 Å². The minimum Gasteiger partial charge on any atom is -0.442 e. The van der Waals surface area contributed by atoms with Gasteiger partial charge >= 0.3 is 0 Å². The zero-order chi connectivity index (χ0) is 19.9. The van der Waals surface area contributed by atoms with Crippen LogP contribution in [0.2, 0.25) is 0 Å². The molecule has 0 radical (unpaired) electrons. The summed E-state index contributed by atoms with van der Waals surface area (Å²) in [5, 5.41) is 2.62. The average molecular weight is 390 g/mol. The molecule has 1 aromatic carbocycles. The number of amides is 1. The van der Waals surface area contributed by atoms with Crippen LogP contribution >= 0.6 is 0 Å². The van der Waals surface area contributed by atoms with E-state index in [-0.39, 0.29) is 33.0 Å². The standard InChI is InChI=1S/C17H18N4O5S/c1-10-13(14-16(26-10)18-9-21(4)17(14)23)15(22)19-11-7-5-6-8-12(11)27(24,25)20(2)3/h5-9H,1-4H3,(H,19,22). The van der Waals surface area contributed by atoms with Gasteiger partial charge < -0.3 is 14.3 Å². The van der Waals surface area contributed by atoms with Crippen LogP contribution < -0.4 is 10.9 Å². The van der Waals surface area contributed by atoms with Gasteiger partial charge in [0.2, 0.25) is 15.7 Å². The molecule has 0 bridgehead atoms. The summed E-state index contributed by atoms with van der Waals surface area (Å²) in [6, 6.07) is 6.03. The number of anilines is 1. The first kappa shape index (κ1) is 18.8. The molecule has 0 fully saturated rings. The number of benzene rings is 1. The number of furan rings is 1. The molecule has 1 N–H and O–H groups in total. The van der Waals surface area contributed by atoms with Gasteiger partial charge in [-0.15, -0.1) is 0 Å². The van der Waals surface area contributed by atoms with Crippen LogP contribution in [0.3, 0.4) is 0 Å². The number of fused-ring (bicyclic) bond motifs is 1. The van der Waals surface area contributed by atoms with Crippen molar-refractivity contribution in [2.45, 2.75) is 11.8 Å². The average Bonchev–Trinajstić information content (AvgIpc) is 2.95. The minimum atomic E-state index is -3.77. The van der Waals surface area contributed by atoms with Crippen molar-refractivity contribution in [3.05, 3.63) is 52.3 Å². The van der Waals surface area contributed by atoms with Gasteiger partial charge in [-0.25, -0.2) is 17.7 Å². The Morgan fingerprint density at radius 3 is 2.59 bits per heavy atom. The SMILES string of the molecule is Cc1oc2ncn(C)c(=O)c2c1C(=O)Nc1ccccc1S(=O)(=O)N(C)C. The van der Waals surface area contributed by atoms with Crippen molar-refractivity contribution in [2.24, 2.45) is 7.05 Å². The van der Waals surface area contributed by atoms with Gasteiger partial charge in [-0.3, -0.25) is 9.59 Å². The van der Waals surface area contributed by atoms with Crippen molar-refractivity contribution in [2.75, 3.05) is 19.4 Å². The maximum Gasteiger partial charge on any atom is 0.265 e. The molecule has 0 spiro atoms. The third-order valence-electron chi connectivity index (χ3n) is 4.07. The van der Waals surface area contributed by atoms with E-state index in [1.807, 2.05) is 0 Å². The maximum absolute atomic E-state index is 12.9. The van der Waals surface area contributed by atoms with E-state index < -0.39 is 21.5 Å². The predicted octanol–water partition coefficient (Wildman–Crippen LogP) is 1.34. The second-order valence-electron chi connectivity index (χ2n) is 6.11. The molecule has 0 aliphatic heterocycles. The summed E-state index contributed by atoms with van der Waals surface area (Å²) in [7, 11) is 0.539. The lowest BCUT2D eigenvalue weighted by Crippen LogP contribution is -2.25. The second kappa shape index (κ2) is 6.63. The van der Waals surface area contributed by atoms with Gasteiger partial charge in [-0.1, -0.05) is 12.1 Å². The van der Waals surface area contributed by atoms with Gasteiger partial charge in [0.1, 0.15) is 22.4 Å². The third-order valence-corrected chi connectivity index (χ3v) is 5.94. The molecule has 1 amide bonds. The fraction of sp³-hybridized carbons (Fsp3) is 0.235. The largest absolute Gasteiger partial charge is 0.442 e. The number of rotatable bonds is 4. The first-order valence-corrected chi connectivity index (χ1v) is 9.36. The summed E-state index contributed by atoms with van der Waals surface area (Å²) < 4.78 is 32.7. The molecular formula is C17H18N4O5S. The first-order chi connectivity index (χ1) is 12.6. The Kier molecular flexibility index (Phi) is 4.62. The van der Waals surface area contributed by atoms with Gasteiger partial charge in [0.05, 0.1) is 11.3 Å². The lowest BCUT2D eigenvalue weighted by Gasteiger charge is -2.15. The number of nitrogens with one attached hydrogen (secondary N) is 1. The molecule has 0 unspecified atom stereocenters. The Balaban J connectivity index is 2.11. The Morgan fingerprint density at radius 1 is 1.26 bits per heavy atom. The van der Waals surface area contributed by atoms with Crippen LogP contribution in [0.1, 0.15) is 16.1 Å². The fourth-order valence-electron chi connectivity index (χ4n) is 2.64. The number of aromatic nitrogens is 2. The highest BCUT2D eigenvalue weighted by Crippen LogP contribution is 2.26. The zero-order valence-electron chi connectivity index (χ0n) is 15.2. The van der Waals surface area contributed by atoms with Gasteiger partial charge in [0.15, 0.2) is 0 Å². The van der Waals surface area contributed by atoms with Crippen LogP contribution in [-0.2, 0) is 17.1 Å². The van der Waals surface area contributed by atoms with Crippen molar-refractivity contribution < 1.29 is 17.6 Å². The van der Waals surface area contributed by atoms with E-state index in [1.54, 1.807) is 19.1 Å². The molecule has 10 heteroatoms. The van der Waals surface area contributed by atoms with Gasteiger partial charge in [0, 0.05) is 21.1 Å². The van der Waals surface area contributed by atoms with E-state index in [1.165, 1.54) is 44.2 Å². The van der Waals surface area contributed by atoms with Crippen LogP contribution in [0.4, 0.5) is 5.69 Å². The van der Waals surface area contributed by atoms with E-state index >= 15 is 0 Å². The Labute approximate surface area is 155 Å². The summed E-state index contributed by atoms with van der Waals surface area (Å²) in [5.41, 5.74) is -0.257. The van der Waals surface area contributed by atoms with Crippen LogP contribution in [0.5, 0.6) is 0 Å². The molecule has 27 heavy (non-hydrogen) atoms. The lowest BCUT2D eigenvalue weighted by molar-refractivity contribution is 0.102. The molecule has 3 rings (SSSR count). The summed E-state index contributed by atoms with van der Waals surface area (Å²) >= 11 is 0. The predicted molar refractivity (Wildman–Crippen MR) is 99.3 cm³/mol. The topological polar surface area (TPSA) is 115 Å². The molecule has 2 aromatic heterocycles. The highest BCUT2D eigenvalue weighted by molar-refractivity contribution is 7.89. The zero-order valence-corrected chi connectivity index (χ0v) is 16.0. The molecular weight excluding hydrogens is 372 g/mol. The number of hydrogen-bond donors (Lipinski definition) is 1. The Hall–Kier alpha value is -2.98. The molecule has 2 heterocycles. The van der Waals surface area contributed by atoms with E-state index in [0.717, 1.165) is 4.31 Å². The monoisotopic (exact) mass is 390 g/mol. The van der Waals surface area contributed by atoms with Crippen LogP contribution in [-0.4, -0.2) is 42.3 Å². The number of carbonyl (C=O) groups excluding carboxylic acids is 1. The van der Waals surface area contributed by atoms with E-state index in [0.29, 0.717) is 0 Å². The molecule has 0 saturated heterocycles. The van der Waals surface area contributed by atoms with Crippen molar-refractivity contribution in [3.63, 3.8) is 0 Å². The molecule has 0 aliphatic carbocycles. The van der Waals surface area contributed by atoms with Crippen LogP contribution in [0, 0.1) is 6.92 Å². The first-order valence-electron chi connectivity index (χ1n) is 7.92. The molecule has 3 aromatic rings. The number of sulfonamides is 1. The normalized spacial score (nSPS) is 11.9. The molecule has 9 nitrogen and oxygen atoms in total. The number of para-hydroxylation sites is 1. The maximum atomic E-state index is 12.9. The molecule has 142 valence electrons. The Bertz CT molecular complexity index is 1210. The molecule has 0 aliphatic rings. The number of aryl methyl sites for hydroxylation is 2. The smallest absolute Gasteiger partial charge is 0.265 e. The Morgan fingerprint density at radius 2 is 1.93 bits per heavy atom. The van der Waals surface area contributed by atoms with Gasteiger partial charge in [-0.05, 0) is 19.1 Å². The van der Waals surface area contributed by atoms with Crippen molar-refractivity contribution in [1.29, 1.82) is 0 Å². The number of hydrogen-bond acceptors (Lipinski definition) is 6. The van der Waals surface area contributed by atoms with Crippen molar-refractivity contribution in [3.8, 4) is 0 Å². The summed E-state index contributed by atoms with van der Waals surface area (Å²) in [5.74, 6) is -0.441. The number of carbonyl (C=O) groups is 1.